The highest BCUT2D eigenvalue weighted by molar-refractivity contribution is 5.23. The maximum absolute atomic E-state index is 5.93. The van der Waals surface area contributed by atoms with E-state index < -0.39 is 0 Å². The van der Waals surface area contributed by atoms with Gasteiger partial charge in [-0.3, -0.25) is 0 Å². The molecule has 0 aliphatic heterocycles. The highest BCUT2D eigenvalue weighted by atomic mass is 16.5. The van der Waals surface area contributed by atoms with Gasteiger partial charge in [0, 0.05) is 7.11 Å². The highest BCUT2D eigenvalue weighted by Gasteiger charge is 2.69. The van der Waals surface area contributed by atoms with Gasteiger partial charge in [-0.25, -0.2) is 0 Å². The van der Waals surface area contributed by atoms with E-state index >= 15 is 0 Å². The number of hydrogen-bond donors (Lipinski definition) is 0. The fourth-order valence-electron chi connectivity index (χ4n) is 11.4. The molecule has 0 aromatic rings. The van der Waals surface area contributed by atoms with E-state index in [0.717, 1.165) is 30.3 Å². The molecular formula is C31H50O. The highest BCUT2D eigenvalue weighted by Crippen LogP contribution is 2.77. The fraction of sp³-hybridized carbons (Fsp3) is 0.871. The molecule has 0 radical (unpaired) electrons. The first-order chi connectivity index (χ1) is 15.0. The number of hydrogen-bond acceptors (Lipinski definition) is 1. The average molecular weight is 439 g/mol. The van der Waals surface area contributed by atoms with Crippen LogP contribution in [0.2, 0.25) is 0 Å². The van der Waals surface area contributed by atoms with Crippen LogP contribution >= 0.6 is 0 Å². The van der Waals surface area contributed by atoms with E-state index in [1.165, 1.54) is 63.4 Å². The summed E-state index contributed by atoms with van der Waals surface area (Å²) in [6.45, 7) is 21.0. The molecular weight excluding hydrogens is 388 g/mol. The molecule has 0 spiro atoms. The molecule has 0 amide bonds. The lowest BCUT2D eigenvalue weighted by Crippen LogP contribution is -2.65. The van der Waals surface area contributed by atoms with Gasteiger partial charge >= 0.3 is 0 Å². The van der Waals surface area contributed by atoms with Crippen molar-refractivity contribution in [3.05, 3.63) is 24.3 Å². The second kappa shape index (κ2) is 7.22. The zero-order valence-electron chi connectivity index (χ0n) is 22.2. The Hall–Kier alpha value is -0.560. The molecule has 5 rings (SSSR count). The third-order valence-corrected chi connectivity index (χ3v) is 12.9. The molecule has 0 saturated heterocycles. The Morgan fingerprint density at radius 3 is 2.34 bits per heavy atom. The Morgan fingerprint density at radius 2 is 1.66 bits per heavy atom. The van der Waals surface area contributed by atoms with Crippen molar-refractivity contribution < 1.29 is 4.74 Å². The van der Waals surface area contributed by atoms with Crippen molar-refractivity contribution >= 4 is 0 Å². The molecule has 5 aliphatic rings. The van der Waals surface area contributed by atoms with Gasteiger partial charge in [0.2, 0.25) is 0 Å². The summed E-state index contributed by atoms with van der Waals surface area (Å²) in [5.74, 6) is 4.02. The molecule has 32 heavy (non-hydrogen) atoms. The number of allylic oxidation sites excluding steroid dienone is 3. The summed E-state index contributed by atoms with van der Waals surface area (Å²) in [7, 11) is 1.94. The van der Waals surface area contributed by atoms with Crippen LogP contribution in [0.5, 0.6) is 0 Å². The van der Waals surface area contributed by atoms with Crippen molar-refractivity contribution in [2.45, 2.75) is 99.3 Å². The number of fused-ring (bicyclic) bond motifs is 7. The Labute approximate surface area is 198 Å². The summed E-state index contributed by atoms with van der Waals surface area (Å²) in [4.78, 5) is 0. The van der Waals surface area contributed by atoms with Gasteiger partial charge < -0.3 is 4.74 Å². The largest absolute Gasteiger partial charge is 0.384 e. The zero-order chi connectivity index (χ0) is 23.2. The first-order valence-corrected chi connectivity index (χ1v) is 13.8. The summed E-state index contributed by atoms with van der Waals surface area (Å²) in [6.07, 6.45) is 17.6. The first-order valence-electron chi connectivity index (χ1n) is 13.8. The normalized spacial score (nSPS) is 53.7. The molecule has 4 saturated carbocycles. The standard InChI is InChI=1S/C31H50O/c1-21(2)22-12-17-31(20-32-8)19-18-29(6)23(26(22)31)10-11-25-28(5)15-9-14-27(3,4)24(28)13-16-30(25,29)7/h9,14,22-26H,1,10-13,15-20H2,2-8H3/t22?,23?,24?,25?,26?,28-,29+,30+,31+/m0/s1. The van der Waals surface area contributed by atoms with E-state index in [0.29, 0.717) is 33.0 Å². The number of ether oxygens (including phenoxy) is 1. The first kappa shape index (κ1) is 23.2. The maximum Gasteiger partial charge on any atom is 0.0521 e. The molecule has 4 fully saturated rings. The van der Waals surface area contributed by atoms with Crippen molar-refractivity contribution in [3.8, 4) is 0 Å². The lowest BCUT2D eigenvalue weighted by molar-refractivity contribution is -0.229. The second-order valence-electron chi connectivity index (χ2n) is 14.4. The SMILES string of the molecule is C=C(C)C1CC[C@]2(COC)CC[C@]3(C)C(CCC4[C@@]5(C)CC=CC(C)(C)C5CC[C@]43C)C12. The van der Waals surface area contributed by atoms with E-state index in [9.17, 15) is 0 Å². The summed E-state index contributed by atoms with van der Waals surface area (Å²) >= 11 is 0. The number of methoxy groups -OCH3 is 1. The molecule has 9 atom stereocenters. The summed E-state index contributed by atoms with van der Waals surface area (Å²) in [6, 6.07) is 0. The van der Waals surface area contributed by atoms with Gasteiger partial charge in [0.1, 0.15) is 0 Å². The van der Waals surface area contributed by atoms with Crippen LogP contribution in [0.15, 0.2) is 24.3 Å². The molecule has 0 aromatic heterocycles. The van der Waals surface area contributed by atoms with E-state index in [4.69, 9.17) is 4.74 Å². The average Bonchev–Trinajstić information content (AvgIpc) is 3.08. The molecule has 1 nitrogen and oxygen atoms in total. The molecule has 5 unspecified atom stereocenters. The third kappa shape index (κ3) is 2.79. The van der Waals surface area contributed by atoms with Crippen molar-refractivity contribution in [2.75, 3.05) is 13.7 Å². The van der Waals surface area contributed by atoms with Crippen LogP contribution in [0.25, 0.3) is 0 Å². The Morgan fingerprint density at radius 1 is 0.906 bits per heavy atom. The van der Waals surface area contributed by atoms with Gasteiger partial charge in [-0.15, -0.1) is 0 Å². The van der Waals surface area contributed by atoms with E-state index in [1.807, 2.05) is 7.11 Å². The van der Waals surface area contributed by atoms with Crippen LogP contribution < -0.4 is 0 Å². The molecule has 0 N–H and O–H groups in total. The summed E-state index contributed by atoms with van der Waals surface area (Å²) < 4.78 is 5.93. The van der Waals surface area contributed by atoms with Gasteiger partial charge in [-0.1, -0.05) is 58.9 Å². The molecule has 0 aromatic carbocycles. The summed E-state index contributed by atoms with van der Waals surface area (Å²) in [5, 5.41) is 0. The Balaban J connectivity index is 1.56. The van der Waals surface area contributed by atoms with E-state index in [1.54, 1.807) is 0 Å². The van der Waals surface area contributed by atoms with Crippen molar-refractivity contribution in [1.82, 2.24) is 0 Å². The fourth-order valence-corrected chi connectivity index (χ4v) is 11.4. The van der Waals surface area contributed by atoms with Crippen molar-refractivity contribution in [1.29, 1.82) is 0 Å². The molecule has 0 bridgehead atoms. The second-order valence-corrected chi connectivity index (χ2v) is 14.4. The van der Waals surface area contributed by atoms with Crippen LogP contribution in [-0.2, 0) is 4.74 Å². The predicted octanol–water partition coefficient (Wildman–Crippen LogP) is 8.46. The van der Waals surface area contributed by atoms with Crippen molar-refractivity contribution in [2.24, 2.45) is 56.7 Å². The minimum absolute atomic E-state index is 0.350. The van der Waals surface area contributed by atoms with Crippen LogP contribution in [0, 0.1) is 56.7 Å². The van der Waals surface area contributed by atoms with Gasteiger partial charge in [0.15, 0.2) is 0 Å². The van der Waals surface area contributed by atoms with Gasteiger partial charge in [-0.05, 0) is 121 Å². The lowest BCUT2D eigenvalue weighted by atomic mass is 9.33. The van der Waals surface area contributed by atoms with Gasteiger partial charge in [0.25, 0.3) is 0 Å². The maximum atomic E-state index is 5.93. The topological polar surface area (TPSA) is 9.23 Å². The molecule has 1 heteroatoms. The van der Waals surface area contributed by atoms with Crippen LogP contribution in [-0.4, -0.2) is 13.7 Å². The monoisotopic (exact) mass is 438 g/mol. The Bertz CT molecular complexity index is 807. The smallest absolute Gasteiger partial charge is 0.0521 e. The third-order valence-electron chi connectivity index (χ3n) is 12.9. The van der Waals surface area contributed by atoms with E-state index in [2.05, 4.69) is 60.3 Å². The van der Waals surface area contributed by atoms with Crippen LogP contribution in [0.1, 0.15) is 99.3 Å². The minimum atomic E-state index is 0.350. The number of rotatable bonds is 3. The van der Waals surface area contributed by atoms with Gasteiger partial charge in [0.05, 0.1) is 6.61 Å². The van der Waals surface area contributed by atoms with E-state index in [-0.39, 0.29) is 0 Å². The molecule has 0 heterocycles. The van der Waals surface area contributed by atoms with Crippen LogP contribution in [0.4, 0.5) is 0 Å². The summed E-state index contributed by atoms with van der Waals surface area (Å²) in [5.41, 5.74) is 3.58. The van der Waals surface area contributed by atoms with Gasteiger partial charge in [-0.2, -0.15) is 0 Å². The lowest BCUT2D eigenvalue weighted by Gasteiger charge is -2.72. The molecule has 180 valence electrons. The zero-order valence-corrected chi connectivity index (χ0v) is 22.2. The predicted molar refractivity (Wildman–Crippen MR) is 135 cm³/mol. The van der Waals surface area contributed by atoms with Crippen molar-refractivity contribution in [3.63, 3.8) is 0 Å². The quantitative estimate of drug-likeness (QED) is 0.401. The Kier molecular flexibility index (Phi) is 5.23. The van der Waals surface area contributed by atoms with Crippen LogP contribution in [0.3, 0.4) is 0 Å². The minimum Gasteiger partial charge on any atom is -0.384 e. The molecule has 5 aliphatic carbocycles.